The number of carboxylic acid groups (broad SMARTS) is 1. The van der Waals surface area contributed by atoms with E-state index in [1.807, 2.05) is 59.5 Å². The van der Waals surface area contributed by atoms with Gasteiger partial charge < -0.3 is 15.0 Å². The normalized spacial score (nSPS) is 14.3. The van der Waals surface area contributed by atoms with Crippen molar-refractivity contribution in [2.45, 2.75) is 12.8 Å². The van der Waals surface area contributed by atoms with Crippen LogP contribution in [0.4, 0.5) is 10.5 Å². The number of para-hydroxylation sites is 2. The van der Waals surface area contributed by atoms with Crippen LogP contribution in [0.25, 0.3) is 10.9 Å². The van der Waals surface area contributed by atoms with E-state index in [9.17, 15) is 14.7 Å². The zero-order valence-corrected chi connectivity index (χ0v) is 14.9. The van der Waals surface area contributed by atoms with Crippen molar-refractivity contribution >= 4 is 28.6 Å². The fraction of sp³-hybridized carbons (Fsp3) is 0.238. The zero-order valence-electron chi connectivity index (χ0n) is 14.9. The summed E-state index contributed by atoms with van der Waals surface area (Å²) in [6, 6.07) is 17.3. The standard InChI is InChI=1S/C21H21N3O3/c25-20(26)19-17(16-9-4-5-11-18(16)22-19)10-6-12-23-13-14-24(21(23)27)15-7-2-1-3-8-15/h1-5,7-9,11,22H,6,10,12-14H2,(H,25,26). The second-order valence-electron chi connectivity index (χ2n) is 6.69. The van der Waals surface area contributed by atoms with Crippen molar-refractivity contribution < 1.29 is 14.7 Å². The molecule has 0 spiro atoms. The Morgan fingerprint density at radius 3 is 2.56 bits per heavy atom. The number of carbonyl (C=O) groups excluding carboxylic acids is 1. The fourth-order valence-electron chi connectivity index (χ4n) is 3.73. The molecule has 0 unspecified atom stereocenters. The number of hydrogen-bond donors (Lipinski definition) is 2. The van der Waals surface area contributed by atoms with Crippen molar-refractivity contribution in [3.8, 4) is 0 Å². The van der Waals surface area contributed by atoms with Gasteiger partial charge in [-0.05, 0) is 36.6 Å². The third-order valence-corrected chi connectivity index (χ3v) is 5.05. The molecule has 2 N–H and O–H groups in total. The number of nitrogens with zero attached hydrogens (tertiary/aromatic N) is 2. The van der Waals surface area contributed by atoms with Crippen LogP contribution in [0.15, 0.2) is 54.6 Å². The van der Waals surface area contributed by atoms with Crippen LogP contribution in [0, 0.1) is 0 Å². The van der Waals surface area contributed by atoms with Gasteiger partial charge in [-0.25, -0.2) is 9.59 Å². The molecule has 6 nitrogen and oxygen atoms in total. The van der Waals surface area contributed by atoms with E-state index in [1.165, 1.54) is 0 Å². The number of carboxylic acids is 1. The van der Waals surface area contributed by atoms with Gasteiger partial charge in [0, 0.05) is 36.2 Å². The van der Waals surface area contributed by atoms with Gasteiger partial charge >= 0.3 is 12.0 Å². The van der Waals surface area contributed by atoms with Crippen molar-refractivity contribution in [1.82, 2.24) is 9.88 Å². The number of urea groups is 1. The lowest BCUT2D eigenvalue weighted by Crippen LogP contribution is -2.32. The van der Waals surface area contributed by atoms with Crippen molar-refractivity contribution in [2.24, 2.45) is 0 Å². The minimum atomic E-state index is -0.950. The smallest absolute Gasteiger partial charge is 0.352 e. The monoisotopic (exact) mass is 363 g/mol. The number of hydrogen-bond acceptors (Lipinski definition) is 2. The maximum Gasteiger partial charge on any atom is 0.352 e. The summed E-state index contributed by atoms with van der Waals surface area (Å²) in [6.45, 7) is 1.98. The second kappa shape index (κ2) is 7.15. The Bertz CT molecular complexity index is 981. The molecule has 1 saturated heterocycles. The lowest BCUT2D eigenvalue weighted by Gasteiger charge is -2.18. The Hall–Kier alpha value is -3.28. The lowest BCUT2D eigenvalue weighted by atomic mass is 10.1. The van der Waals surface area contributed by atoms with Crippen LogP contribution in [-0.2, 0) is 6.42 Å². The number of anilines is 1. The molecule has 1 fully saturated rings. The van der Waals surface area contributed by atoms with Gasteiger partial charge in [0.05, 0.1) is 0 Å². The second-order valence-corrected chi connectivity index (χ2v) is 6.69. The highest BCUT2D eigenvalue weighted by atomic mass is 16.4. The van der Waals surface area contributed by atoms with Gasteiger partial charge in [-0.3, -0.25) is 4.90 Å². The molecular formula is C21H21N3O3. The topological polar surface area (TPSA) is 76.6 Å². The van der Waals surface area contributed by atoms with Gasteiger partial charge in [0.2, 0.25) is 0 Å². The van der Waals surface area contributed by atoms with Crippen LogP contribution < -0.4 is 4.90 Å². The van der Waals surface area contributed by atoms with E-state index in [0.29, 0.717) is 26.1 Å². The molecule has 3 aromatic rings. The minimum Gasteiger partial charge on any atom is -0.477 e. The number of H-pyrrole nitrogens is 1. The van der Waals surface area contributed by atoms with E-state index in [1.54, 1.807) is 4.90 Å². The van der Waals surface area contributed by atoms with Crippen LogP contribution >= 0.6 is 0 Å². The number of fused-ring (bicyclic) bond motifs is 1. The van der Waals surface area contributed by atoms with Gasteiger partial charge in [-0.1, -0.05) is 36.4 Å². The van der Waals surface area contributed by atoms with Crippen LogP contribution in [0.5, 0.6) is 0 Å². The van der Waals surface area contributed by atoms with Gasteiger partial charge in [0.1, 0.15) is 5.69 Å². The van der Waals surface area contributed by atoms with Crippen LogP contribution in [0.3, 0.4) is 0 Å². The van der Waals surface area contributed by atoms with Crippen LogP contribution in [0.2, 0.25) is 0 Å². The minimum absolute atomic E-state index is 0.0126. The van der Waals surface area contributed by atoms with Crippen LogP contribution in [0.1, 0.15) is 22.5 Å². The average Bonchev–Trinajstić information content (AvgIpc) is 3.24. The molecular weight excluding hydrogens is 342 g/mol. The van der Waals surface area contributed by atoms with E-state index < -0.39 is 5.97 Å². The molecule has 0 saturated carbocycles. The number of aryl methyl sites for hydroxylation is 1. The van der Waals surface area contributed by atoms with Gasteiger partial charge in [0.15, 0.2) is 0 Å². The highest BCUT2D eigenvalue weighted by Gasteiger charge is 2.29. The SMILES string of the molecule is O=C(O)c1[nH]c2ccccc2c1CCCN1CCN(c2ccccc2)C1=O. The molecule has 2 heterocycles. The van der Waals surface area contributed by atoms with Crippen LogP contribution in [-0.4, -0.2) is 46.6 Å². The van der Waals surface area contributed by atoms with E-state index in [4.69, 9.17) is 0 Å². The number of aromatic amines is 1. The first kappa shape index (κ1) is 17.1. The van der Waals surface area contributed by atoms with Crippen molar-refractivity contribution in [1.29, 1.82) is 0 Å². The summed E-state index contributed by atoms with van der Waals surface area (Å²) in [6.07, 6.45) is 1.33. The summed E-state index contributed by atoms with van der Waals surface area (Å²) in [5, 5.41) is 10.4. The molecule has 1 aliphatic rings. The number of rotatable bonds is 6. The first-order valence-corrected chi connectivity index (χ1v) is 9.09. The molecule has 27 heavy (non-hydrogen) atoms. The largest absolute Gasteiger partial charge is 0.477 e. The summed E-state index contributed by atoms with van der Waals surface area (Å²) in [5.41, 5.74) is 2.80. The summed E-state index contributed by atoms with van der Waals surface area (Å²) < 4.78 is 0. The Morgan fingerprint density at radius 1 is 1.04 bits per heavy atom. The third-order valence-electron chi connectivity index (χ3n) is 5.05. The Labute approximate surface area is 157 Å². The van der Waals surface area contributed by atoms with Gasteiger partial charge in [0.25, 0.3) is 0 Å². The number of aromatic carboxylic acids is 1. The number of benzene rings is 2. The molecule has 1 aliphatic heterocycles. The number of amides is 2. The number of carbonyl (C=O) groups is 2. The predicted molar refractivity (Wildman–Crippen MR) is 104 cm³/mol. The highest BCUT2D eigenvalue weighted by Crippen LogP contribution is 2.25. The van der Waals surface area contributed by atoms with E-state index >= 15 is 0 Å². The highest BCUT2D eigenvalue weighted by molar-refractivity contribution is 5.97. The van der Waals surface area contributed by atoms with E-state index in [-0.39, 0.29) is 11.7 Å². The molecule has 2 amide bonds. The van der Waals surface area contributed by atoms with Gasteiger partial charge in [-0.2, -0.15) is 0 Å². The molecule has 0 radical (unpaired) electrons. The summed E-state index contributed by atoms with van der Waals surface area (Å²) in [4.78, 5) is 30.8. The molecule has 0 aliphatic carbocycles. The maximum atomic E-state index is 12.6. The molecule has 6 heteroatoms. The van der Waals surface area contributed by atoms with E-state index in [0.717, 1.165) is 28.6 Å². The molecule has 1 aromatic heterocycles. The van der Waals surface area contributed by atoms with E-state index in [2.05, 4.69) is 4.98 Å². The Morgan fingerprint density at radius 2 is 1.78 bits per heavy atom. The quantitative estimate of drug-likeness (QED) is 0.700. The van der Waals surface area contributed by atoms with Crippen molar-refractivity contribution in [2.75, 3.05) is 24.5 Å². The van der Waals surface area contributed by atoms with Crippen molar-refractivity contribution in [3.63, 3.8) is 0 Å². The van der Waals surface area contributed by atoms with Gasteiger partial charge in [-0.15, -0.1) is 0 Å². The summed E-state index contributed by atoms with van der Waals surface area (Å²) in [5.74, 6) is -0.950. The molecule has 0 bridgehead atoms. The molecule has 2 aromatic carbocycles. The molecule has 4 rings (SSSR count). The first-order valence-electron chi connectivity index (χ1n) is 9.09. The molecule has 0 atom stereocenters. The zero-order chi connectivity index (χ0) is 18.8. The maximum absolute atomic E-state index is 12.6. The van der Waals surface area contributed by atoms with Crippen molar-refractivity contribution in [3.05, 3.63) is 65.9 Å². The summed E-state index contributed by atoms with van der Waals surface area (Å²) >= 11 is 0. The third kappa shape index (κ3) is 3.26. The number of nitrogens with one attached hydrogen (secondary N) is 1. The number of aromatic nitrogens is 1. The Balaban J connectivity index is 1.44. The Kier molecular flexibility index (Phi) is 4.54. The molecule has 138 valence electrons. The predicted octanol–water partition coefficient (Wildman–Crippen LogP) is 3.74. The lowest BCUT2D eigenvalue weighted by molar-refractivity contribution is 0.0690. The fourth-order valence-corrected chi connectivity index (χ4v) is 3.73. The summed E-state index contributed by atoms with van der Waals surface area (Å²) in [7, 11) is 0. The average molecular weight is 363 g/mol. The first-order chi connectivity index (χ1) is 13.1.